The van der Waals surface area contributed by atoms with E-state index in [1.54, 1.807) is 0 Å². The van der Waals surface area contributed by atoms with Gasteiger partial charge in [-0.05, 0) is 33.4 Å². The van der Waals surface area contributed by atoms with E-state index in [9.17, 15) is 0 Å². The Morgan fingerprint density at radius 2 is 1.69 bits per heavy atom. The Morgan fingerprint density at radius 3 is 2.25 bits per heavy atom. The standard InChI is InChI=1S/C12H26N2O2/c1-12(2)16-11-9-14-5-3-4-13(6-7-14)8-10-15/h12,15H,3-11H2,1-2H3. The number of β-amino-alcohol motifs (C(OH)–C–C–N with tert-alkyl or cyclic N) is 1. The van der Waals surface area contributed by atoms with E-state index >= 15 is 0 Å². The van der Waals surface area contributed by atoms with Gasteiger partial charge in [-0.3, -0.25) is 9.80 Å². The normalized spacial score (nSPS) is 20.2. The molecule has 0 aromatic rings. The summed E-state index contributed by atoms with van der Waals surface area (Å²) in [6.45, 7) is 11.5. The number of hydrogen-bond donors (Lipinski definition) is 1. The first-order valence-corrected chi connectivity index (χ1v) is 6.39. The molecule has 0 spiro atoms. The van der Waals surface area contributed by atoms with Crippen LogP contribution in [-0.2, 0) is 4.74 Å². The highest BCUT2D eigenvalue weighted by Crippen LogP contribution is 2.02. The van der Waals surface area contributed by atoms with Gasteiger partial charge in [0.1, 0.15) is 0 Å². The van der Waals surface area contributed by atoms with Gasteiger partial charge in [0.2, 0.25) is 0 Å². The summed E-state index contributed by atoms with van der Waals surface area (Å²) in [7, 11) is 0. The molecule has 0 atom stereocenters. The molecule has 0 amide bonds. The van der Waals surface area contributed by atoms with E-state index in [1.807, 2.05) is 0 Å². The molecule has 0 saturated carbocycles. The molecule has 0 unspecified atom stereocenters. The van der Waals surface area contributed by atoms with Crippen molar-refractivity contribution in [3.05, 3.63) is 0 Å². The maximum atomic E-state index is 8.90. The van der Waals surface area contributed by atoms with Gasteiger partial charge in [-0.25, -0.2) is 0 Å². The highest BCUT2D eigenvalue weighted by molar-refractivity contribution is 4.69. The van der Waals surface area contributed by atoms with Crippen molar-refractivity contribution in [2.45, 2.75) is 26.4 Å². The van der Waals surface area contributed by atoms with E-state index in [-0.39, 0.29) is 6.61 Å². The molecule has 0 aliphatic carbocycles. The predicted octanol–water partition coefficient (Wildman–Crippen LogP) is 0.411. The lowest BCUT2D eigenvalue weighted by Gasteiger charge is -2.21. The Labute approximate surface area is 99.2 Å². The molecule has 1 rings (SSSR count). The van der Waals surface area contributed by atoms with Crippen LogP contribution >= 0.6 is 0 Å². The molecule has 1 heterocycles. The number of aliphatic hydroxyl groups is 1. The van der Waals surface area contributed by atoms with Crippen molar-refractivity contribution in [3.8, 4) is 0 Å². The summed E-state index contributed by atoms with van der Waals surface area (Å²) in [5.41, 5.74) is 0. The van der Waals surface area contributed by atoms with Gasteiger partial charge in [-0.1, -0.05) is 0 Å². The van der Waals surface area contributed by atoms with Crippen molar-refractivity contribution in [3.63, 3.8) is 0 Å². The van der Waals surface area contributed by atoms with Gasteiger partial charge >= 0.3 is 0 Å². The summed E-state index contributed by atoms with van der Waals surface area (Å²) in [6, 6.07) is 0. The van der Waals surface area contributed by atoms with Gasteiger partial charge in [-0.2, -0.15) is 0 Å². The van der Waals surface area contributed by atoms with E-state index < -0.39 is 0 Å². The SMILES string of the molecule is CC(C)OCCN1CCCN(CCO)CC1. The van der Waals surface area contributed by atoms with Crippen molar-refractivity contribution < 1.29 is 9.84 Å². The van der Waals surface area contributed by atoms with Gasteiger partial charge in [0.15, 0.2) is 0 Å². The average molecular weight is 230 g/mol. The van der Waals surface area contributed by atoms with Crippen LogP contribution in [0.25, 0.3) is 0 Å². The highest BCUT2D eigenvalue weighted by Gasteiger charge is 2.13. The molecule has 4 heteroatoms. The monoisotopic (exact) mass is 230 g/mol. The average Bonchev–Trinajstić information content (AvgIpc) is 2.44. The Bertz CT molecular complexity index is 176. The molecule has 1 N–H and O–H groups in total. The largest absolute Gasteiger partial charge is 0.395 e. The zero-order valence-corrected chi connectivity index (χ0v) is 10.7. The smallest absolute Gasteiger partial charge is 0.0596 e. The van der Waals surface area contributed by atoms with Crippen LogP contribution in [0.1, 0.15) is 20.3 Å². The topological polar surface area (TPSA) is 35.9 Å². The summed E-state index contributed by atoms with van der Waals surface area (Å²) >= 11 is 0. The predicted molar refractivity (Wildman–Crippen MR) is 65.7 cm³/mol. The fourth-order valence-electron chi connectivity index (χ4n) is 2.03. The van der Waals surface area contributed by atoms with Crippen molar-refractivity contribution in [2.24, 2.45) is 0 Å². The lowest BCUT2D eigenvalue weighted by Crippen LogP contribution is -2.34. The Kier molecular flexibility index (Phi) is 6.96. The van der Waals surface area contributed by atoms with Gasteiger partial charge in [-0.15, -0.1) is 0 Å². The van der Waals surface area contributed by atoms with E-state index in [1.165, 1.54) is 6.42 Å². The van der Waals surface area contributed by atoms with Crippen LogP contribution in [0.3, 0.4) is 0 Å². The van der Waals surface area contributed by atoms with Gasteiger partial charge in [0.25, 0.3) is 0 Å². The molecule has 0 radical (unpaired) electrons. The fraction of sp³-hybridized carbons (Fsp3) is 1.00. The third-order valence-electron chi connectivity index (χ3n) is 2.96. The molecule has 0 bridgehead atoms. The summed E-state index contributed by atoms with van der Waals surface area (Å²) in [6.07, 6.45) is 1.53. The summed E-state index contributed by atoms with van der Waals surface area (Å²) in [5, 5.41) is 8.90. The molecule has 1 aliphatic rings. The molecule has 0 aromatic carbocycles. The first-order chi connectivity index (χ1) is 7.72. The maximum Gasteiger partial charge on any atom is 0.0596 e. The maximum absolute atomic E-state index is 8.90. The molecule has 1 aliphatic heterocycles. The summed E-state index contributed by atoms with van der Waals surface area (Å²) in [4.78, 5) is 4.79. The Morgan fingerprint density at radius 1 is 1.06 bits per heavy atom. The molecule has 16 heavy (non-hydrogen) atoms. The summed E-state index contributed by atoms with van der Waals surface area (Å²) in [5.74, 6) is 0. The minimum absolute atomic E-state index is 0.274. The molecule has 4 nitrogen and oxygen atoms in total. The van der Waals surface area contributed by atoms with Crippen LogP contribution in [0.5, 0.6) is 0 Å². The second-order valence-electron chi connectivity index (χ2n) is 4.68. The van der Waals surface area contributed by atoms with Crippen molar-refractivity contribution in [1.29, 1.82) is 0 Å². The zero-order chi connectivity index (χ0) is 11.8. The van der Waals surface area contributed by atoms with Crippen LogP contribution in [0.4, 0.5) is 0 Å². The Hall–Kier alpha value is -0.160. The molecule has 1 fully saturated rings. The second kappa shape index (κ2) is 8.01. The lowest BCUT2D eigenvalue weighted by atomic mass is 10.4. The number of ether oxygens (including phenoxy) is 1. The molecule has 0 aromatic heterocycles. The van der Waals surface area contributed by atoms with Crippen LogP contribution in [0.2, 0.25) is 0 Å². The third kappa shape index (κ3) is 5.80. The van der Waals surface area contributed by atoms with E-state index in [4.69, 9.17) is 9.84 Å². The number of rotatable bonds is 6. The van der Waals surface area contributed by atoms with Crippen LogP contribution in [-0.4, -0.2) is 73.5 Å². The molecular weight excluding hydrogens is 204 g/mol. The second-order valence-corrected chi connectivity index (χ2v) is 4.68. The van der Waals surface area contributed by atoms with E-state index in [0.29, 0.717) is 6.10 Å². The number of aliphatic hydroxyl groups excluding tert-OH is 1. The lowest BCUT2D eigenvalue weighted by molar-refractivity contribution is 0.0596. The Balaban J connectivity index is 2.14. The van der Waals surface area contributed by atoms with Crippen molar-refractivity contribution in [2.75, 3.05) is 52.5 Å². The molecular formula is C12H26N2O2. The van der Waals surface area contributed by atoms with Crippen LogP contribution < -0.4 is 0 Å². The highest BCUT2D eigenvalue weighted by atomic mass is 16.5. The minimum Gasteiger partial charge on any atom is -0.395 e. The first kappa shape index (κ1) is 13.9. The van der Waals surface area contributed by atoms with Gasteiger partial charge in [0, 0.05) is 26.2 Å². The van der Waals surface area contributed by atoms with Gasteiger partial charge < -0.3 is 9.84 Å². The summed E-state index contributed by atoms with van der Waals surface area (Å²) < 4.78 is 5.56. The van der Waals surface area contributed by atoms with Crippen LogP contribution in [0.15, 0.2) is 0 Å². The quantitative estimate of drug-likeness (QED) is 0.717. The molecule has 96 valence electrons. The fourth-order valence-corrected chi connectivity index (χ4v) is 2.03. The third-order valence-corrected chi connectivity index (χ3v) is 2.96. The van der Waals surface area contributed by atoms with Crippen molar-refractivity contribution >= 4 is 0 Å². The van der Waals surface area contributed by atoms with Crippen LogP contribution in [0, 0.1) is 0 Å². The molecule has 1 saturated heterocycles. The zero-order valence-electron chi connectivity index (χ0n) is 10.7. The van der Waals surface area contributed by atoms with Gasteiger partial charge in [0.05, 0.1) is 19.3 Å². The number of nitrogens with zero attached hydrogens (tertiary/aromatic N) is 2. The van der Waals surface area contributed by atoms with Crippen molar-refractivity contribution in [1.82, 2.24) is 9.80 Å². The first-order valence-electron chi connectivity index (χ1n) is 6.39. The van der Waals surface area contributed by atoms with E-state index in [2.05, 4.69) is 23.6 Å². The number of hydrogen-bond acceptors (Lipinski definition) is 4. The van der Waals surface area contributed by atoms with E-state index in [0.717, 1.165) is 45.9 Å². The minimum atomic E-state index is 0.274.